The number of likely N-dealkylation sites (N-methyl/N-ethyl adjacent to an activating group) is 1. The normalized spacial score (nSPS) is 16.5. The van der Waals surface area contributed by atoms with Gasteiger partial charge in [-0.3, -0.25) is 4.57 Å². The van der Waals surface area contributed by atoms with Crippen molar-refractivity contribution in [3.8, 4) is 0 Å². The maximum atomic E-state index is 14.2. The van der Waals surface area contributed by atoms with Crippen LogP contribution < -0.4 is 4.89 Å². The number of hydrogen-bond donors (Lipinski definition) is 0. The van der Waals surface area contributed by atoms with Crippen molar-refractivity contribution in [1.29, 1.82) is 0 Å². The Morgan fingerprint density at radius 2 is 0.714 bits per heavy atom. The minimum Gasteiger partial charge on any atom is -0.756 e. The summed E-state index contributed by atoms with van der Waals surface area (Å²) in [5.41, 5.74) is 0. The Labute approximate surface area is 383 Å². The number of unbranched alkanes of at least 4 members (excludes halogenated alkanes) is 10. The molecule has 0 rings (SSSR count). The highest BCUT2D eigenvalue weighted by molar-refractivity contribution is 7.45. The highest BCUT2D eigenvalue weighted by atomic mass is 31.2. The molecule has 34 heteroatoms. The molecule has 0 bridgehead atoms. The zero-order chi connectivity index (χ0) is 55.5. The first-order chi connectivity index (χ1) is 31.0. The molecule has 0 aliphatic heterocycles. The summed E-state index contributed by atoms with van der Waals surface area (Å²) >= 11 is 0. The Balaban J connectivity index is 5.25. The first-order valence-corrected chi connectivity index (χ1v) is 22.0. The van der Waals surface area contributed by atoms with E-state index in [0.717, 1.165) is 0 Å². The molecule has 0 amide bonds. The van der Waals surface area contributed by atoms with Crippen LogP contribution in [0.2, 0.25) is 0 Å². The number of quaternary nitrogens is 1. The quantitative estimate of drug-likeness (QED) is 0.0269. The maximum absolute atomic E-state index is 14.2. The molecule has 0 aliphatic carbocycles. The summed E-state index contributed by atoms with van der Waals surface area (Å²) in [6.45, 7) is -2.27. The maximum Gasteiger partial charge on any atom is 0.460 e. The van der Waals surface area contributed by atoms with Crippen LogP contribution in [0.1, 0.15) is 89.9 Å². The van der Waals surface area contributed by atoms with Crippen molar-refractivity contribution in [1.82, 2.24) is 0 Å². The zero-order valence-corrected chi connectivity index (χ0v) is 37.8. The number of halogens is 26. The standard InChI is InChI=1S/C36H50F26NO6P/c1-63(2,3)18-21-68-70(64,65)69-23-24(67-20-15-10-8-6-4-5-7-9-12-16-26(39,40)28(43,44)33(53,54)35(57,58)59)22-66-19-14-11-13-17-25(37,38)27(41,42)29(45,46)30(47,48)31(49,50)32(51,52)34(55,56)36(60,61)62/h24H,4-23H2,1-3H3/t24-/m0/s1. The van der Waals surface area contributed by atoms with Crippen molar-refractivity contribution in [3.63, 3.8) is 0 Å². The second-order valence-corrected chi connectivity index (χ2v) is 18.3. The molecular weight excluding hydrogens is 1070 g/mol. The largest absolute Gasteiger partial charge is 0.756 e. The predicted molar refractivity (Wildman–Crippen MR) is 189 cm³/mol. The summed E-state index contributed by atoms with van der Waals surface area (Å²) in [6.07, 6.45) is -21.8. The number of phosphoric acid groups is 1. The van der Waals surface area contributed by atoms with Gasteiger partial charge in [0.25, 0.3) is 7.82 Å². The van der Waals surface area contributed by atoms with Crippen LogP contribution in [0.3, 0.4) is 0 Å². The average Bonchev–Trinajstić information content (AvgIpc) is 3.17. The Bertz CT molecular complexity index is 1610. The highest BCUT2D eigenvalue weighted by Crippen LogP contribution is 2.64. The van der Waals surface area contributed by atoms with Crippen LogP contribution in [-0.4, -0.2) is 143 Å². The molecule has 0 saturated heterocycles. The molecule has 0 spiro atoms. The van der Waals surface area contributed by atoms with Crippen LogP contribution in [0, 0.1) is 0 Å². The molecule has 2 atom stereocenters. The molecule has 70 heavy (non-hydrogen) atoms. The van der Waals surface area contributed by atoms with Crippen LogP contribution in [0.4, 0.5) is 114 Å². The molecule has 0 fully saturated rings. The number of ether oxygens (including phenoxy) is 2. The summed E-state index contributed by atoms with van der Waals surface area (Å²) < 4.78 is 379. The van der Waals surface area contributed by atoms with Crippen molar-refractivity contribution in [2.24, 2.45) is 0 Å². The molecule has 0 aromatic rings. The van der Waals surface area contributed by atoms with E-state index < -0.39 is 144 Å². The molecular formula is C36H50F26NO6P. The lowest BCUT2D eigenvalue weighted by Gasteiger charge is -2.42. The summed E-state index contributed by atoms with van der Waals surface area (Å²) in [5.74, 6) is -76.4. The number of phosphoric ester groups is 1. The van der Waals surface area contributed by atoms with Gasteiger partial charge >= 0.3 is 71.6 Å². The molecule has 7 nitrogen and oxygen atoms in total. The Morgan fingerprint density at radius 3 is 1.11 bits per heavy atom. The lowest BCUT2D eigenvalue weighted by Crippen LogP contribution is -2.74. The van der Waals surface area contributed by atoms with Crippen molar-refractivity contribution in [2.75, 3.05) is 60.7 Å². The highest BCUT2D eigenvalue weighted by Gasteiger charge is 2.95. The van der Waals surface area contributed by atoms with Gasteiger partial charge < -0.3 is 27.9 Å². The van der Waals surface area contributed by atoms with Gasteiger partial charge in [-0.05, 0) is 25.7 Å². The van der Waals surface area contributed by atoms with Crippen molar-refractivity contribution in [2.45, 2.75) is 168 Å². The van der Waals surface area contributed by atoms with E-state index in [2.05, 4.69) is 0 Å². The average molecular weight is 1120 g/mol. The van der Waals surface area contributed by atoms with Gasteiger partial charge in [-0.1, -0.05) is 51.4 Å². The van der Waals surface area contributed by atoms with Crippen LogP contribution in [0.15, 0.2) is 0 Å². The fourth-order valence-corrected chi connectivity index (χ4v) is 6.31. The van der Waals surface area contributed by atoms with E-state index in [1.54, 1.807) is 21.1 Å². The number of rotatable bonds is 36. The van der Waals surface area contributed by atoms with E-state index in [1.807, 2.05) is 0 Å². The lowest BCUT2D eigenvalue weighted by atomic mass is 9.88. The lowest BCUT2D eigenvalue weighted by molar-refractivity contribution is -0.870. The van der Waals surface area contributed by atoms with E-state index in [-0.39, 0.29) is 43.5 Å². The Morgan fingerprint density at radius 1 is 0.400 bits per heavy atom. The molecule has 0 saturated carbocycles. The predicted octanol–water partition coefficient (Wildman–Crippen LogP) is 13.5. The second-order valence-electron chi connectivity index (χ2n) is 16.9. The number of alkyl halides is 26. The number of nitrogens with zero attached hydrogens (tertiary/aromatic N) is 1. The van der Waals surface area contributed by atoms with E-state index in [1.165, 1.54) is 0 Å². The van der Waals surface area contributed by atoms with Gasteiger partial charge in [0.15, 0.2) is 0 Å². The first kappa shape index (κ1) is 68.2. The third kappa shape index (κ3) is 16.8. The summed E-state index contributed by atoms with van der Waals surface area (Å²) in [4.78, 5) is 12.2. The fourth-order valence-electron chi connectivity index (χ4n) is 5.58. The minimum atomic E-state index is -8.74. The van der Waals surface area contributed by atoms with Gasteiger partial charge in [0, 0.05) is 26.1 Å². The van der Waals surface area contributed by atoms with Crippen LogP contribution >= 0.6 is 7.82 Å². The van der Waals surface area contributed by atoms with Gasteiger partial charge in [0.1, 0.15) is 19.3 Å². The molecule has 422 valence electrons. The van der Waals surface area contributed by atoms with Gasteiger partial charge in [-0.2, -0.15) is 114 Å². The SMILES string of the molecule is C[N+](C)(C)CCOP(=O)([O-])OC[C@H](COCCCCCC(F)(F)C(F)(F)C(F)(F)C(F)(F)C(F)(F)C(F)(F)C(F)(F)C(F)(F)F)OCCCCCCCCCCCC(F)(F)C(F)(F)C(F)(F)C(F)(F)F. The minimum absolute atomic E-state index is 0.121. The van der Waals surface area contributed by atoms with Gasteiger partial charge in [-0.15, -0.1) is 0 Å². The molecule has 0 heterocycles. The molecule has 1 unspecified atom stereocenters. The summed E-state index contributed by atoms with van der Waals surface area (Å²) in [7, 11) is 0.0689. The third-order valence-corrected chi connectivity index (χ3v) is 11.0. The van der Waals surface area contributed by atoms with Crippen LogP contribution in [0.5, 0.6) is 0 Å². The van der Waals surface area contributed by atoms with Gasteiger partial charge in [0.2, 0.25) is 0 Å². The second kappa shape index (κ2) is 24.7. The van der Waals surface area contributed by atoms with Crippen LogP contribution in [-0.2, 0) is 23.1 Å². The molecule has 0 N–H and O–H groups in total. The summed E-state index contributed by atoms with van der Waals surface area (Å²) in [6, 6.07) is 0. The summed E-state index contributed by atoms with van der Waals surface area (Å²) in [5, 5.41) is 0. The molecule has 0 aliphatic rings. The Hall–Kier alpha value is -1.83. The van der Waals surface area contributed by atoms with Crippen molar-refractivity contribution < 1.29 is 147 Å². The molecule has 0 radical (unpaired) electrons. The van der Waals surface area contributed by atoms with E-state index in [4.69, 9.17) is 18.5 Å². The van der Waals surface area contributed by atoms with Gasteiger partial charge in [0.05, 0.1) is 34.4 Å². The first-order valence-electron chi connectivity index (χ1n) is 20.5. The van der Waals surface area contributed by atoms with Crippen LogP contribution in [0.25, 0.3) is 0 Å². The Kier molecular flexibility index (Phi) is 24.0. The van der Waals surface area contributed by atoms with Crippen molar-refractivity contribution in [3.05, 3.63) is 0 Å². The van der Waals surface area contributed by atoms with Crippen molar-refractivity contribution >= 4 is 7.82 Å². The number of hydrogen-bond acceptors (Lipinski definition) is 6. The third-order valence-electron chi connectivity index (χ3n) is 10.00. The smallest absolute Gasteiger partial charge is 0.460 e. The topological polar surface area (TPSA) is 77.1 Å². The van der Waals surface area contributed by atoms with E-state index >= 15 is 0 Å². The zero-order valence-electron chi connectivity index (χ0n) is 36.9. The monoisotopic (exact) mass is 1120 g/mol. The molecule has 0 aromatic heterocycles. The van der Waals surface area contributed by atoms with Gasteiger partial charge in [-0.25, -0.2) is 0 Å². The fraction of sp³-hybridized carbons (Fsp3) is 1.00. The molecule has 0 aromatic carbocycles. The van der Waals surface area contributed by atoms with E-state index in [9.17, 15) is 124 Å². The van der Waals surface area contributed by atoms with E-state index in [0.29, 0.717) is 32.1 Å².